The number of Topliss-reactive ketones (excluding diaryl/α,β-unsaturated/α-hetero) is 1. The third-order valence-corrected chi connectivity index (χ3v) is 3.49. The van der Waals surface area contributed by atoms with Crippen molar-refractivity contribution < 1.29 is 9.59 Å². The van der Waals surface area contributed by atoms with Gasteiger partial charge in [0.05, 0.1) is 11.4 Å². The summed E-state index contributed by atoms with van der Waals surface area (Å²) in [6, 6.07) is 1.65. The average molecular weight is 292 g/mol. The molecule has 7 heteroatoms. The van der Waals surface area contributed by atoms with Crippen LogP contribution in [0.4, 0.5) is 10.8 Å². The molecule has 0 bridgehead atoms. The molecule has 0 aliphatic rings. The summed E-state index contributed by atoms with van der Waals surface area (Å²) < 4.78 is 1.68. The van der Waals surface area contributed by atoms with E-state index in [9.17, 15) is 9.59 Å². The number of hydrogen-bond donors (Lipinski definition) is 2. The van der Waals surface area contributed by atoms with Crippen LogP contribution >= 0.6 is 11.3 Å². The molecule has 106 valence electrons. The van der Waals surface area contributed by atoms with Crippen molar-refractivity contribution in [3.8, 4) is 0 Å². The number of carbonyl (C=O) groups is 2. The van der Waals surface area contributed by atoms with E-state index in [1.54, 1.807) is 29.3 Å². The van der Waals surface area contributed by atoms with Crippen molar-refractivity contribution in [1.82, 2.24) is 9.55 Å². The second kappa shape index (κ2) is 5.87. The first kappa shape index (κ1) is 14.3. The molecule has 0 unspecified atom stereocenters. The molecule has 0 fully saturated rings. The molecule has 6 nitrogen and oxygen atoms in total. The molecule has 0 atom stereocenters. The van der Waals surface area contributed by atoms with Gasteiger partial charge in [-0.15, -0.1) is 11.3 Å². The summed E-state index contributed by atoms with van der Waals surface area (Å²) in [6.45, 7) is 4.22. The number of nitrogens with one attached hydrogen (secondary N) is 2. The molecule has 0 radical (unpaired) electrons. The van der Waals surface area contributed by atoms with Gasteiger partial charge in [0.1, 0.15) is 5.69 Å². The van der Waals surface area contributed by atoms with Gasteiger partial charge in [0.15, 0.2) is 10.9 Å². The second-order valence-corrected chi connectivity index (χ2v) is 5.16. The third-order valence-electron chi connectivity index (χ3n) is 2.69. The van der Waals surface area contributed by atoms with Crippen LogP contribution in [0.1, 0.15) is 34.8 Å². The Morgan fingerprint density at radius 1 is 1.45 bits per heavy atom. The first-order valence-corrected chi connectivity index (χ1v) is 7.07. The Morgan fingerprint density at radius 2 is 2.20 bits per heavy atom. The molecule has 0 aliphatic heterocycles. The van der Waals surface area contributed by atoms with E-state index in [1.165, 1.54) is 18.3 Å². The van der Waals surface area contributed by atoms with E-state index in [0.717, 1.165) is 11.7 Å². The van der Waals surface area contributed by atoms with Gasteiger partial charge in [-0.25, -0.2) is 4.98 Å². The van der Waals surface area contributed by atoms with Gasteiger partial charge in [-0.2, -0.15) is 0 Å². The van der Waals surface area contributed by atoms with Crippen LogP contribution in [0.5, 0.6) is 0 Å². The fourth-order valence-corrected chi connectivity index (χ4v) is 2.55. The molecule has 2 heterocycles. The van der Waals surface area contributed by atoms with Crippen molar-refractivity contribution in [1.29, 1.82) is 0 Å². The van der Waals surface area contributed by atoms with Gasteiger partial charge in [-0.1, -0.05) is 0 Å². The summed E-state index contributed by atoms with van der Waals surface area (Å²) in [5.74, 6) is -0.331. The zero-order valence-corrected chi connectivity index (χ0v) is 12.4. The maximum atomic E-state index is 12.0. The van der Waals surface area contributed by atoms with Crippen LogP contribution in [-0.4, -0.2) is 27.8 Å². The fraction of sp³-hybridized carbons (Fsp3) is 0.308. The third kappa shape index (κ3) is 3.05. The monoisotopic (exact) mass is 292 g/mol. The number of hydrogen-bond acceptors (Lipinski definition) is 5. The highest BCUT2D eigenvalue weighted by Crippen LogP contribution is 2.18. The molecule has 0 aliphatic carbocycles. The Balaban J connectivity index is 2.10. The zero-order valence-electron chi connectivity index (χ0n) is 11.6. The Labute approximate surface area is 120 Å². The summed E-state index contributed by atoms with van der Waals surface area (Å²) in [5.41, 5.74) is 1.49. The van der Waals surface area contributed by atoms with Gasteiger partial charge < -0.3 is 15.2 Å². The Morgan fingerprint density at radius 3 is 2.80 bits per heavy atom. The zero-order chi connectivity index (χ0) is 14.7. The first-order chi connectivity index (χ1) is 9.51. The number of anilines is 2. The number of nitrogens with zero attached hydrogens (tertiary/aromatic N) is 2. The number of thiazole rings is 1. The summed E-state index contributed by atoms with van der Waals surface area (Å²) in [4.78, 5) is 27.6. The smallest absolute Gasteiger partial charge is 0.275 e. The van der Waals surface area contributed by atoms with Crippen molar-refractivity contribution in [2.24, 2.45) is 7.05 Å². The number of aromatic nitrogens is 2. The van der Waals surface area contributed by atoms with Crippen LogP contribution in [0.2, 0.25) is 0 Å². The SMILES string of the molecule is CCNc1nc(C(=O)Nc2cc(C(C)=O)n(C)c2)cs1. The van der Waals surface area contributed by atoms with Crippen LogP contribution in [0.15, 0.2) is 17.6 Å². The minimum atomic E-state index is -0.286. The van der Waals surface area contributed by atoms with Crippen LogP contribution in [0.3, 0.4) is 0 Å². The van der Waals surface area contributed by atoms with Crippen molar-refractivity contribution in [3.63, 3.8) is 0 Å². The lowest BCUT2D eigenvalue weighted by Crippen LogP contribution is -2.12. The summed E-state index contributed by atoms with van der Waals surface area (Å²) in [7, 11) is 1.76. The highest BCUT2D eigenvalue weighted by atomic mass is 32.1. The Hall–Kier alpha value is -2.15. The summed E-state index contributed by atoms with van der Waals surface area (Å²) in [5, 5.41) is 8.20. The number of aryl methyl sites for hydroxylation is 1. The summed E-state index contributed by atoms with van der Waals surface area (Å²) >= 11 is 1.38. The van der Waals surface area contributed by atoms with Gasteiger partial charge in [-0.3, -0.25) is 9.59 Å². The van der Waals surface area contributed by atoms with E-state index in [-0.39, 0.29) is 11.7 Å². The van der Waals surface area contributed by atoms with Gasteiger partial charge in [-0.05, 0) is 13.0 Å². The molecular weight excluding hydrogens is 276 g/mol. The molecule has 0 saturated heterocycles. The van der Waals surface area contributed by atoms with E-state index in [2.05, 4.69) is 15.6 Å². The highest BCUT2D eigenvalue weighted by molar-refractivity contribution is 7.13. The van der Waals surface area contributed by atoms with Crippen LogP contribution < -0.4 is 10.6 Å². The fourth-order valence-electron chi connectivity index (χ4n) is 1.79. The largest absolute Gasteiger partial charge is 0.362 e. The van der Waals surface area contributed by atoms with Crippen LogP contribution in [0.25, 0.3) is 0 Å². The molecule has 2 rings (SSSR count). The predicted octanol–water partition coefficient (Wildman–Crippen LogP) is 2.37. The minimum absolute atomic E-state index is 0.0453. The second-order valence-electron chi connectivity index (χ2n) is 4.30. The van der Waals surface area contributed by atoms with E-state index in [0.29, 0.717) is 17.1 Å². The van der Waals surface area contributed by atoms with Gasteiger partial charge in [0.25, 0.3) is 5.91 Å². The molecule has 0 saturated carbocycles. The van der Waals surface area contributed by atoms with Crippen LogP contribution in [0, 0.1) is 0 Å². The van der Waals surface area contributed by atoms with E-state index in [1.807, 2.05) is 6.92 Å². The molecule has 2 aromatic heterocycles. The number of carbonyl (C=O) groups excluding carboxylic acids is 2. The average Bonchev–Trinajstić information content (AvgIpc) is 2.97. The lowest BCUT2D eigenvalue weighted by molar-refractivity contribution is 0.100. The lowest BCUT2D eigenvalue weighted by atomic mass is 10.3. The minimum Gasteiger partial charge on any atom is -0.362 e. The van der Waals surface area contributed by atoms with Crippen LogP contribution in [-0.2, 0) is 7.05 Å². The maximum Gasteiger partial charge on any atom is 0.275 e. The molecule has 20 heavy (non-hydrogen) atoms. The van der Waals surface area contributed by atoms with Crippen molar-refractivity contribution in [2.75, 3.05) is 17.2 Å². The molecule has 2 aromatic rings. The maximum absolute atomic E-state index is 12.0. The van der Waals surface area contributed by atoms with Crippen molar-refractivity contribution in [3.05, 3.63) is 29.0 Å². The molecular formula is C13H16N4O2S. The van der Waals surface area contributed by atoms with Crippen molar-refractivity contribution >= 4 is 33.8 Å². The number of rotatable bonds is 5. The molecule has 2 N–H and O–H groups in total. The lowest BCUT2D eigenvalue weighted by Gasteiger charge is -1.99. The normalized spacial score (nSPS) is 10.3. The van der Waals surface area contributed by atoms with E-state index >= 15 is 0 Å². The highest BCUT2D eigenvalue weighted by Gasteiger charge is 2.13. The van der Waals surface area contributed by atoms with Gasteiger partial charge in [0, 0.05) is 32.1 Å². The quantitative estimate of drug-likeness (QED) is 0.830. The summed E-state index contributed by atoms with van der Waals surface area (Å²) in [6.07, 6.45) is 1.70. The van der Waals surface area contributed by atoms with E-state index in [4.69, 9.17) is 0 Å². The number of ketones is 1. The van der Waals surface area contributed by atoms with Crippen molar-refractivity contribution in [2.45, 2.75) is 13.8 Å². The predicted molar refractivity (Wildman–Crippen MR) is 79.6 cm³/mol. The number of amides is 1. The van der Waals surface area contributed by atoms with Gasteiger partial charge >= 0.3 is 0 Å². The first-order valence-electron chi connectivity index (χ1n) is 6.19. The molecule has 0 spiro atoms. The topological polar surface area (TPSA) is 76.0 Å². The molecule has 0 aromatic carbocycles. The molecule has 1 amide bonds. The standard InChI is InChI=1S/C13H16N4O2S/c1-4-14-13-16-10(7-20-13)12(19)15-9-5-11(8(2)18)17(3)6-9/h5-7H,4H2,1-3H3,(H,14,16)(H,15,19). The Kier molecular flexibility index (Phi) is 4.19. The Bertz CT molecular complexity index is 645. The van der Waals surface area contributed by atoms with E-state index < -0.39 is 0 Å². The van der Waals surface area contributed by atoms with Gasteiger partial charge in [0.2, 0.25) is 0 Å².